The van der Waals surface area contributed by atoms with Crippen molar-refractivity contribution in [3.05, 3.63) is 35.4 Å². The molecular formula is C16H22O3. The molecule has 1 aliphatic heterocycles. The van der Waals surface area contributed by atoms with E-state index in [1.165, 1.54) is 18.4 Å². The van der Waals surface area contributed by atoms with Crippen molar-refractivity contribution >= 4 is 5.97 Å². The number of benzene rings is 1. The maximum absolute atomic E-state index is 11.7. The largest absolute Gasteiger partial charge is 0.464 e. The number of rotatable bonds is 6. The monoisotopic (exact) mass is 262 g/mol. The minimum absolute atomic E-state index is 0.264. The van der Waals surface area contributed by atoms with Gasteiger partial charge < -0.3 is 9.47 Å². The molecule has 1 saturated heterocycles. The summed E-state index contributed by atoms with van der Waals surface area (Å²) in [7, 11) is 0. The average molecular weight is 262 g/mol. The number of epoxide rings is 1. The third-order valence-electron chi connectivity index (χ3n) is 3.65. The van der Waals surface area contributed by atoms with Gasteiger partial charge >= 0.3 is 5.97 Å². The van der Waals surface area contributed by atoms with Crippen LogP contribution in [-0.4, -0.2) is 18.7 Å². The molecule has 0 N–H and O–H groups in total. The number of carbonyl (C=O) groups excluding carboxylic acids is 1. The fraction of sp³-hybridized carbons (Fsp3) is 0.562. The Hall–Kier alpha value is -1.35. The van der Waals surface area contributed by atoms with Crippen molar-refractivity contribution in [2.24, 2.45) is 0 Å². The summed E-state index contributed by atoms with van der Waals surface area (Å²) in [4.78, 5) is 11.7. The number of ether oxygens (including phenoxy) is 2. The van der Waals surface area contributed by atoms with E-state index in [4.69, 9.17) is 9.47 Å². The summed E-state index contributed by atoms with van der Waals surface area (Å²) < 4.78 is 10.5. The zero-order valence-corrected chi connectivity index (χ0v) is 11.9. The molecule has 1 aliphatic rings. The molecule has 3 nitrogen and oxygen atoms in total. The highest BCUT2D eigenvalue weighted by Gasteiger charge is 2.59. The van der Waals surface area contributed by atoms with Gasteiger partial charge in [0, 0.05) is 0 Å². The van der Waals surface area contributed by atoms with Crippen LogP contribution in [0.25, 0.3) is 0 Å². The summed E-state index contributed by atoms with van der Waals surface area (Å²) in [5.41, 5.74) is 1.88. The Balaban J connectivity index is 2.01. The minimum atomic E-state index is -0.504. The van der Waals surface area contributed by atoms with Crippen LogP contribution in [0, 0.1) is 0 Å². The van der Waals surface area contributed by atoms with Gasteiger partial charge in [-0.05, 0) is 37.8 Å². The fourth-order valence-corrected chi connectivity index (χ4v) is 2.30. The third kappa shape index (κ3) is 2.98. The van der Waals surface area contributed by atoms with Crippen molar-refractivity contribution in [2.75, 3.05) is 6.61 Å². The maximum atomic E-state index is 11.7. The molecule has 2 rings (SSSR count). The van der Waals surface area contributed by atoms with Gasteiger partial charge in [0.1, 0.15) is 5.60 Å². The molecule has 1 aromatic rings. The van der Waals surface area contributed by atoms with E-state index >= 15 is 0 Å². The van der Waals surface area contributed by atoms with E-state index in [1.807, 2.05) is 6.92 Å². The van der Waals surface area contributed by atoms with E-state index in [2.05, 4.69) is 31.2 Å². The van der Waals surface area contributed by atoms with Crippen LogP contribution in [0.1, 0.15) is 44.7 Å². The van der Waals surface area contributed by atoms with Gasteiger partial charge in [-0.1, -0.05) is 37.6 Å². The summed E-state index contributed by atoms with van der Waals surface area (Å²) in [5, 5.41) is 0. The Bertz CT molecular complexity index is 438. The zero-order valence-electron chi connectivity index (χ0n) is 11.9. The Morgan fingerprint density at radius 1 is 1.32 bits per heavy atom. The molecule has 3 heteroatoms. The molecule has 0 amide bonds. The molecule has 2 atom stereocenters. The first-order valence-corrected chi connectivity index (χ1v) is 7.05. The van der Waals surface area contributed by atoms with Gasteiger partial charge in [-0.25, -0.2) is 4.79 Å². The van der Waals surface area contributed by atoms with Gasteiger partial charge in [0.25, 0.3) is 0 Å². The topological polar surface area (TPSA) is 38.8 Å². The second-order valence-corrected chi connectivity index (χ2v) is 5.16. The Labute approximate surface area is 114 Å². The number of unbranched alkanes of at least 4 members (excludes halogenated alkanes) is 1. The predicted molar refractivity (Wildman–Crippen MR) is 73.9 cm³/mol. The van der Waals surface area contributed by atoms with Gasteiger partial charge in [0.05, 0.1) is 6.61 Å². The van der Waals surface area contributed by atoms with Gasteiger partial charge in [0.2, 0.25) is 0 Å². The van der Waals surface area contributed by atoms with E-state index in [0.29, 0.717) is 6.61 Å². The van der Waals surface area contributed by atoms with E-state index in [-0.39, 0.29) is 5.97 Å². The fourth-order valence-electron chi connectivity index (χ4n) is 2.30. The van der Waals surface area contributed by atoms with Crippen LogP contribution in [0.4, 0.5) is 0 Å². The lowest BCUT2D eigenvalue weighted by molar-refractivity contribution is -0.144. The first-order valence-electron chi connectivity index (χ1n) is 7.05. The zero-order chi connectivity index (χ0) is 13.9. The number of esters is 1. The van der Waals surface area contributed by atoms with Crippen LogP contribution in [-0.2, 0) is 26.3 Å². The molecule has 0 aromatic heterocycles. The van der Waals surface area contributed by atoms with Gasteiger partial charge in [-0.3, -0.25) is 0 Å². The number of hydrogen-bond acceptors (Lipinski definition) is 3. The minimum Gasteiger partial charge on any atom is -0.464 e. The van der Waals surface area contributed by atoms with Crippen molar-refractivity contribution in [2.45, 2.75) is 51.7 Å². The van der Waals surface area contributed by atoms with Crippen molar-refractivity contribution in [3.63, 3.8) is 0 Å². The van der Waals surface area contributed by atoms with Crippen LogP contribution in [0.2, 0.25) is 0 Å². The Kier molecular flexibility index (Phi) is 4.25. The summed E-state index contributed by atoms with van der Waals surface area (Å²) in [6.07, 6.45) is 3.07. The van der Waals surface area contributed by atoms with E-state index < -0.39 is 11.7 Å². The molecule has 1 fully saturated rings. The maximum Gasteiger partial charge on any atom is 0.338 e. The van der Waals surface area contributed by atoms with E-state index in [0.717, 1.165) is 12.0 Å². The lowest BCUT2D eigenvalue weighted by Crippen LogP contribution is -2.18. The molecule has 2 unspecified atom stereocenters. The molecule has 0 radical (unpaired) electrons. The first kappa shape index (κ1) is 14.1. The highest BCUT2D eigenvalue weighted by atomic mass is 16.7. The molecule has 104 valence electrons. The first-order chi connectivity index (χ1) is 9.11. The van der Waals surface area contributed by atoms with Crippen LogP contribution in [0.5, 0.6) is 0 Å². The lowest BCUT2D eigenvalue weighted by Gasteiger charge is -2.08. The van der Waals surface area contributed by atoms with Crippen LogP contribution < -0.4 is 0 Å². The summed E-state index contributed by atoms with van der Waals surface area (Å²) in [6, 6.07) is 8.37. The highest BCUT2D eigenvalue weighted by Crippen LogP contribution is 2.46. The molecule has 1 aromatic carbocycles. The van der Waals surface area contributed by atoms with Crippen molar-refractivity contribution in [3.8, 4) is 0 Å². The summed E-state index contributed by atoms with van der Waals surface area (Å²) >= 11 is 0. The van der Waals surface area contributed by atoms with Crippen LogP contribution in [0.15, 0.2) is 24.3 Å². The normalized spacial score (nSPS) is 25.1. The summed E-state index contributed by atoms with van der Waals surface area (Å²) in [5.74, 6) is -0.264. The Morgan fingerprint density at radius 2 is 2.00 bits per heavy atom. The molecule has 0 aliphatic carbocycles. The van der Waals surface area contributed by atoms with Gasteiger partial charge in [0.15, 0.2) is 6.10 Å². The third-order valence-corrected chi connectivity index (χ3v) is 3.65. The quantitative estimate of drug-likeness (QED) is 0.583. The number of hydrogen-bond donors (Lipinski definition) is 0. The average Bonchev–Trinajstić information content (AvgIpc) is 3.11. The number of carbonyl (C=O) groups is 1. The summed E-state index contributed by atoms with van der Waals surface area (Å²) in [6.45, 7) is 6.33. The molecule has 0 spiro atoms. The van der Waals surface area contributed by atoms with E-state index in [1.54, 1.807) is 6.92 Å². The smallest absolute Gasteiger partial charge is 0.338 e. The van der Waals surface area contributed by atoms with Crippen LogP contribution >= 0.6 is 0 Å². The van der Waals surface area contributed by atoms with E-state index in [9.17, 15) is 4.79 Å². The van der Waals surface area contributed by atoms with Gasteiger partial charge in [-0.15, -0.1) is 0 Å². The highest BCUT2D eigenvalue weighted by molar-refractivity contribution is 5.79. The second-order valence-electron chi connectivity index (χ2n) is 5.16. The molecular weight excluding hydrogens is 240 g/mol. The molecule has 19 heavy (non-hydrogen) atoms. The molecule has 0 bridgehead atoms. The standard InChI is InChI=1S/C16H22O3/c1-4-6-7-12-8-10-13(11-9-12)16(3)14(19-16)15(17)18-5-2/h8-11,14H,4-7H2,1-3H3. The molecule has 0 saturated carbocycles. The van der Waals surface area contributed by atoms with Crippen molar-refractivity contribution in [1.82, 2.24) is 0 Å². The van der Waals surface area contributed by atoms with Crippen molar-refractivity contribution < 1.29 is 14.3 Å². The Morgan fingerprint density at radius 3 is 2.58 bits per heavy atom. The van der Waals surface area contributed by atoms with Crippen LogP contribution in [0.3, 0.4) is 0 Å². The second kappa shape index (κ2) is 5.74. The SMILES string of the molecule is CCCCc1ccc(C2(C)OC2C(=O)OCC)cc1. The van der Waals surface area contributed by atoms with Crippen molar-refractivity contribution in [1.29, 1.82) is 0 Å². The van der Waals surface area contributed by atoms with Gasteiger partial charge in [-0.2, -0.15) is 0 Å². The predicted octanol–water partition coefficient (Wildman–Crippen LogP) is 3.21. The lowest BCUT2D eigenvalue weighted by atomic mass is 9.95. The molecule has 1 heterocycles. The number of aryl methyl sites for hydroxylation is 1.